The minimum absolute atomic E-state index is 0.134. The molecule has 0 aliphatic rings. The summed E-state index contributed by atoms with van der Waals surface area (Å²) in [4.78, 5) is 40.8. The summed E-state index contributed by atoms with van der Waals surface area (Å²) in [6.07, 6.45) is 1.68. The molecular weight excluding hydrogens is 448 g/mol. The lowest BCUT2D eigenvalue weighted by Gasteiger charge is -2.10. The molecule has 2 N–H and O–H groups in total. The molecule has 4 aromatic rings. The number of aromatic nitrogens is 2. The van der Waals surface area contributed by atoms with E-state index in [0.717, 1.165) is 5.56 Å². The first kappa shape index (κ1) is 23.5. The molecule has 0 saturated heterocycles. The first-order chi connectivity index (χ1) is 16.9. The summed E-state index contributed by atoms with van der Waals surface area (Å²) >= 11 is 0. The number of hydrogen-bond acceptors (Lipinski definition) is 6. The second-order valence-corrected chi connectivity index (χ2v) is 7.66. The van der Waals surface area contributed by atoms with Gasteiger partial charge in [-0.15, -0.1) is 0 Å². The van der Waals surface area contributed by atoms with Gasteiger partial charge in [0.1, 0.15) is 18.0 Å². The highest BCUT2D eigenvalue weighted by Crippen LogP contribution is 2.18. The predicted molar refractivity (Wildman–Crippen MR) is 132 cm³/mol. The molecule has 0 saturated carbocycles. The minimum Gasteiger partial charge on any atom is -0.487 e. The highest BCUT2D eigenvalue weighted by molar-refractivity contribution is 6.00. The van der Waals surface area contributed by atoms with Crippen LogP contribution in [0.4, 0.5) is 16.2 Å². The van der Waals surface area contributed by atoms with E-state index in [1.165, 1.54) is 10.5 Å². The number of urea groups is 1. The van der Waals surface area contributed by atoms with E-state index in [1.54, 1.807) is 67.7 Å². The topological polar surface area (TPSA) is 111 Å². The van der Waals surface area contributed by atoms with Crippen LogP contribution < -0.4 is 20.9 Å². The molecule has 0 aliphatic carbocycles. The minimum atomic E-state index is -0.432. The lowest BCUT2D eigenvalue weighted by atomic mass is 10.2. The maximum atomic E-state index is 12.3. The fourth-order valence-corrected chi connectivity index (χ4v) is 3.37. The van der Waals surface area contributed by atoms with Gasteiger partial charge in [-0.25, -0.2) is 14.6 Å². The second kappa shape index (κ2) is 10.5. The average Bonchev–Trinajstić information content (AvgIpc) is 2.85. The van der Waals surface area contributed by atoms with Gasteiger partial charge in [0.2, 0.25) is 0 Å². The Morgan fingerprint density at radius 2 is 1.63 bits per heavy atom. The molecule has 9 nitrogen and oxygen atoms in total. The number of carbonyl (C=O) groups excluding carboxylic acids is 2. The van der Waals surface area contributed by atoms with Gasteiger partial charge >= 0.3 is 12.0 Å². The first-order valence-corrected chi connectivity index (χ1v) is 11.0. The zero-order valence-electron chi connectivity index (χ0n) is 19.3. The number of hydrogen-bond donors (Lipinski definition) is 2. The fraction of sp³-hybridized carbons (Fsp3) is 0.154. The number of esters is 1. The van der Waals surface area contributed by atoms with E-state index in [9.17, 15) is 14.4 Å². The molecule has 0 radical (unpaired) electrons. The van der Waals surface area contributed by atoms with E-state index >= 15 is 0 Å². The molecular formula is C26H24N4O5. The summed E-state index contributed by atoms with van der Waals surface area (Å²) in [7, 11) is 0. The number of anilines is 2. The third kappa shape index (κ3) is 5.83. The molecule has 2 heterocycles. The maximum Gasteiger partial charge on any atom is 0.338 e. The molecule has 0 aliphatic heterocycles. The SMILES string of the molecule is CCOC(=O)c1ccc(NC(=O)Nc2ccc(OCc3cc(=O)n4cccc(C)c4n3)cc2)cc1. The number of aryl methyl sites for hydroxylation is 1. The Balaban J connectivity index is 1.32. The number of benzene rings is 2. The quantitative estimate of drug-likeness (QED) is 0.386. The van der Waals surface area contributed by atoms with E-state index in [-0.39, 0.29) is 12.2 Å². The van der Waals surface area contributed by atoms with Gasteiger partial charge in [0.15, 0.2) is 0 Å². The zero-order chi connectivity index (χ0) is 24.8. The first-order valence-electron chi connectivity index (χ1n) is 11.0. The van der Waals surface area contributed by atoms with Crippen LogP contribution in [-0.2, 0) is 11.3 Å². The Morgan fingerprint density at radius 3 is 2.29 bits per heavy atom. The van der Waals surface area contributed by atoms with Crippen molar-refractivity contribution in [3.63, 3.8) is 0 Å². The van der Waals surface area contributed by atoms with Crippen molar-refractivity contribution in [3.05, 3.63) is 100 Å². The van der Waals surface area contributed by atoms with Gasteiger partial charge in [-0.3, -0.25) is 9.20 Å². The molecule has 0 spiro atoms. The van der Waals surface area contributed by atoms with Gasteiger partial charge in [-0.1, -0.05) is 6.07 Å². The van der Waals surface area contributed by atoms with Crippen molar-refractivity contribution in [2.45, 2.75) is 20.5 Å². The molecule has 2 aromatic carbocycles. The smallest absolute Gasteiger partial charge is 0.338 e. The van der Waals surface area contributed by atoms with Crippen LogP contribution in [0.2, 0.25) is 0 Å². The van der Waals surface area contributed by atoms with E-state index in [4.69, 9.17) is 9.47 Å². The van der Waals surface area contributed by atoms with E-state index in [1.807, 2.05) is 13.0 Å². The van der Waals surface area contributed by atoms with Crippen molar-refractivity contribution in [1.82, 2.24) is 9.38 Å². The number of rotatable bonds is 7. The molecule has 2 aromatic heterocycles. The predicted octanol–water partition coefficient (Wildman–Crippen LogP) is 4.40. The fourth-order valence-electron chi connectivity index (χ4n) is 3.37. The number of nitrogens with one attached hydrogen (secondary N) is 2. The standard InChI is InChI=1S/C26H24N4O5/c1-3-34-25(32)18-6-8-19(9-7-18)28-26(33)29-20-10-12-22(13-11-20)35-16-21-15-23(31)30-14-4-5-17(2)24(30)27-21/h4-15H,3,16H2,1-2H3,(H2,28,29,33). The van der Waals surface area contributed by atoms with E-state index in [0.29, 0.717) is 40.6 Å². The van der Waals surface area contributed by atoms with Crippen LogP contribution in [0.3, 0.4) is 0 Å². The molecule has 4 rings (SSSR count). The van der Waals surface area contributed by atoms with Gasteiger partial charge < -0.3 is 20.1 Å². The molecule has 2 amide bonds. The van der Waals surface area contributed by atoms with E-state index < -0.39 is 12.0 Å². The third-order valence-electron chi connectivity index (χ3n) is 5.09. The normalized spacial score (nSPS) is 10.6. The number of carbonyl (C=O) groups is 2. The molecule has 0 fully saturated rings. The van der Waals surface area contributed by atoms with Crippen molar-refractivity contribution >= 4 is 29.0 Å². The van der Waals surface area contributed by atoms with Crippen molar-refractivity contribution in [1.29, 1.82) is 0 Å². The molecule has 0 bridgehead atoms. The van der Waals surface area contributed by atoms with E-state index in [2.05, 4.69) is 15.6 Å². The molecule has 0 unspecified atom stereocenters. The highest BCUT2D eigenvalue weighted by atomic mass is 16.5. The summed E-state index contributed by atoms with van der Waals surface area (Å²) in [6.45, 7) is 4.07. The zero-order valence-corrected chi connectivity index (χ0v) is 19.3. The Labute approximate surface area is 201 Å². The lowest BCUT2D eigenvalue weighted by molar-refractivity contribution is 0.0526. The van der Waals surface area contributed by atoms with Gasteiger partial charge in [0, 0.05) is 23.6 Å². The van der Waals surface area contributed by atoms with Crippen LogP contribution in [0.25, 0.3) is 5.65 Å². The highest BCUT2D eigenvalue weighted by Gasteiger charge is 2.08. The van der Waals surface area contributed by atoms with Gasteiger partial charge in [0.25, 0.3) is 5.56 Å². The second-order valence-electron chi connectivity index (χ2n) is 7.66. The summed E-state index contributed by atoms with van der Waals surface area (Å²) in [6, 6.07) is 18.0. The van der Waals surface area contributed by atoms with Crippen LogP contribution in [0, 0.1) is 6.92 Å². The summed E-state index contributed by atoms with van der Waals surface area (Å²) in [5, 5.41) is 5.43. The molecule has 0 atom stereocenters. The van der Waals surface area contributed by atoms with Crippen LogP contribution in [-0.4, -0.2) is 28.0 Å². The third-order valence-corrected chi connectivity index (χ3v) is 5.09. The van der Waals surface area contributed by atoms with Crippen LogP contribution in [0.15, 0.2) is 77.7 Å². The molecule has 178 valence electrons. The summed E-state index contributed by atoms with van der Waals surface area (Å²) in [5.41, 5.74) is 3.36. The summed E-state index contributed by atoms with van der Waals surface area (Å²) < 4.78 is 12.2. The maximum absolute atomic E-state index is 12.3. The van der Waals surface area contributed by atoms with Gasteiger partial charge in [0.05, 0.1) is 17.9 Å². The monoisotopic (exact) mass is 472 g/mol. The van der Waals surface area contributed by atoms with Crippen LogP contribution in [0.1, 0.15) is 28.5 Å². The number of nitrogens with zero attached hydrogens (tertiary/aromatic N) is 2. The van der Waals surface area contributed by atoms with Gasteiger partial charge in [-0.05, 0) is 74.0 Å². The molecule has 9 heteroatoms. The number of fused-ring (bicyclic) bond motifs is 1. The Kier molecular flexibility index (Phi) is 7.06. The Bertz CT molecular complexity index is 1410. The van der Waals surface area contributed by atoms with Crippen LogP contribution in [0.5, 0.6) is 5.75 Å². The van der Waals surface area contributed by atoms with Crippen LogP contribution >= 0.6 is 0 Å². The van der Waals surface area contributed by atoms with Crippen molar-refractivity contribution in [2.75, 3.05) is 17.2 Å². The number of amides is 2. The van der Waals surface area contributed by atoms with Crippen molar-refractivity contribution < 1.29 is 19.1 Å². The summed E-state index contributed by atoms with van der Waals surface area (Å²) in [5.74, 6) is 0.155. The Hall–Kier alpha value is -4.66. The largest absolute Gasteiger partial charge is 0.487 e. The van der Waals surface area contributed by atoms with Gasteiger partial charge in [-0.2, -0.15) is 0 Å². The number of ether oxygens (including phenoxy) is 2. The number of pyridine rings is 1. The molecule has 35 heavy (non-hydrogen) atoms. The lowest BCUT2D eigenvalue weighted by Crippen LogP contribution is -2.19. The Morgan fingerprint density at radius 1 is 0.971 bits per heavy atom. The average molecular weight is 473 g/mol. The van der Waals surface area contributed by atoms with Crippen molar-refractivity contribution in [3.8, 4) is 5.75 Å². The van der Waals surface area contributed by atoms with Crippen molar-refractivity contribution in [2.24, 2.45) is 0 Å².